The molecule has 0 heterocycles. The Morgan fingerprint density at radius 3 is 2.37 bits per heavy atom. The van der Waals surface area contributed by atoms with Gasteiger partial charge in [0.15, 0.2) is 0 Å². The minimum atomic E-state index is -3.62. The molecule has 0 atom stereocenters. The molecule has 104 valence electrons. The van der Waals surface area contributed by atoms with Gasteiger partial charge in [0, 0.05) is 19.2 Å². The molecule has 0 saturated carbocycles. The number of nitrogens with two attached hydrogens (primary N) is 1. The van der Waals surface area contributed by atoms with Crippen molar-refractivity contribution in [2.75, 3.05) is 25.9 Å². The van der Waals surface area contributed by atoms with Crippen LogP contribution in [0.15, 0.2) is 48.4 Å². The molecule has 1 aromatic carbocycles. The molecule has 1 aromatic rings. The number of hydrogen-bond donors (Lipinski definition) is 1. The Morgan fingerprint density at radius 1 is 1.32 bits per heavy atom. The van der Waals surface area contributed by atoms with E-state index >= 15 is 0 Å². The van der Waals surface area contributed by atoms with Crippen LogP contribution in [-0.2, 0) is 10.0 Å². The number of sulfonamides is 1. The molecule has 0 aliphatic rings. The van der Waals surface area contributed by atoms with Crippen molar-refractivity contribution >= 4 is 15.7 Å². The van der Waals surface area contributed by atoms with Crippen LogP contribution in [0.2, 0.25) is 0 Å². The van der Waals surface area contributed by atoms with Gasteiger partial charge in [-0.1, -0.05) is 12.2 Å². The molecular formula is C13H18N2O3S. The Labute approximate surface area is 114 Å². The predicted molar refractivity (Wildman–Crippen MR) is 76.6 cm³/mol. The normalized spacial score (nSPS) is 11.3. The van der Waals surface area contributed by atoms with E-state index in [1.165, 1.54) is 41.8 Å². The summed E-state index contributed by atoms with van der Waals surface area (Å²) in [6, 6.07) is 4.36. The molecule has 0 fully saturated rings. The highest BCUT2D eigenvalue weighted by Gasteiger charge is 2.23. The summed E-state index contributed by atoms with van der Waals surface area (Å²) in [7, 11) is -2.18. The van der Waals surface area contributed by atoms with Crippen LogP contribution in [0.3, 0.4) is 0 Å². The molecule has 0 radical (unpaired) electrons. The minimum absolute atomic E-state index is 0.127. The van der Waals surface area contributed by atoms with E-state index in [1.54, 1.807) is 0 Å². The first-order valence-corrected chi connectivity index (χ1v) is 7.06. The van der Waals surface area contributed by atoms with Crippen LogP contribution in [-0.4, -0.2) is 32.9 Å². The van der Waals surface area contributed by atoms with Crippen molar-refractivity contribution in [3.05, 3.63) is 43.5 Å². The molecule has 0 aromatic heterocycles. The minimum Gasteiger partial charge on any atom is -0.495 e. The zero-order chi connectivity index (χ0) is 14.5. The second-order valence-corrected chi connectivity index (χ2v) is 5.74. The molecule has 0 amide bonds. The number of rotatable bonds is 7. The second-order valence-electron chi connectivity index (χ2n) is 3.80. The van der Waals surface area contributed by atoms with Crippen molar-refractivity contribution < 1.29 is 13.2 Å². The fraction of sp³-hybridized carbons (Fsp3) is 0.231. The molecule has 0 bridgehead atoms. The van der Waals surface area contributed by atoms with Gasteiger partial charge < -0.3 is 10.5 Å². The van der Waals surface area contributed by atoms with Crippen LogP contribution in [0.1, 0.15) is 0 Å². The maximum atomic E-state index is 12.4. The maximum absolute atomic E-state index is 12.4. The zero-order valence-corrected chi connectivity index (χ0v) is 11.7. The summed E-state index contributed by atoms with van der Waals surface area (Å²) >= 11 is 0. The number of nitrogens with zero attached hydrogens (tertiary/aromatic N) is 1. The SMILES string of the molecule is C=CCN(CC=C)S(=O)(=O)c1ccc(N)c(OC)c1. The summed E-state index contributed by atoms with van der Waals surface area (Å²) in [6.07, 6.45) is 3.05. The number of nitrogen functional groups attached to an aromatic ring is 1. The first-order valence-electron chi connectivity index (χ1n) is 5.62. The molecule has 0 unspecified atom stereocenters. The fourth-order valence-electron chi connectivity index (χ4n) is 1.56. The van der Waals surface area contributed by atoms with Gasteiger partial charge in [-0.05, 0) is 12.1 Å². The van der Waals surface area contributed by atoms with Crippen LogP contribution < -0.4 is 10.5 Å². The van der Waals surface area contributed by atoms with Gasteiger partial charge in [0.1, 0.15) is 5.75 Å². The largest absolute Gasteiger partial charge is 0.495 e. The molecule has 0 aliphatic carbocycles. The molecule has 2 N–H and O–H groups in total. The van der Waals surface area contributed by atoms with Crippen molar-refractivity contribution in [2.24, 2.45) is 0 Å². The van der Waals surface area contributed by atoms with E-state index in [0.717, 1.165) is 0 Å². The average Bonchev–Trinajstić information content (AvgIpc) is 2.38. The summed E-state index contributed by atoms with van der Waals surface area (Å²) < 4.78 is 31.1. The molecule has 0 aliphatic heterocycles. The standard InChI is InChI=1S/C13H18N2O3S/c1-4-8-15(9-5-2)19(16,17)11-6-7-12(14)13(10-11)18-3/h4-7,10H,1-2,8-9,14H2,3H3. The van der Waals surface area contributed by atoms with Gasteiger partial charge >= 0.3 is 0 Å². The van der Waals surface area contributed by atoms with E-state index in [9.17, 15) is 8.42 Å². The highest BCUT2D eigenvalue weighted by atomic mass is 32.2. The lowest BCUT2D eigenvalue weighted by atomic mass is 10.3. The summed E-state index contributed by atoms with van der Waals surface area (Å²) in [5.41, 5.74) is 6.06. The quantitative estimate of drug-likeness (QED) is 0.609. The van der Waals surface area contributed by atoms with Crippen molar-refractivity contribution in [1.82, 2.24) is 4.31 Å². The van der Waals surface area contributed by atoms with Crippen molar-refractivity contribution in [1.29, 1.82) is 0 Å². The van der Waals surface area contributed by atoms with Crippen LogP contribution in [0.4, 0.5) is 5.69 Å². The summed E-state index contributed by atoms with van der Waals surface area (Å²) in [4.78, 5) is 0.127. The Kier molecular flexibility index (Phi) is 5.14. The topological polar surface area (TPSA) is 72.6 Å². The number of hydrogen-bond acceptors (Lipinski definition) is 4. The van der Waals surface area contributed by atoms with Gasteiger partial charge in [-0.15, -0.1) is 13.2 Å². The van der Waals surface area contributed by atoms with Crippen LogP contribution in [0.5, 0.6) is 5.75 Å². The Bertz CT molecular complexity index is 557. The Hall–Kier alpha value is -1.79. The van der Waals surface area contributed by atoms with Crippen LogP contribution >= 0.6 is 0 Å². The van der Waals surface area contributed by atoms with Crippen molar-refractivity contribution in [2.45, 2.75) is 4.90 Å². The molecular weight excluding hydrogens is 264 g/mol. The van der Waals surface area contributed by atoms with Crippen LogP contribution in [0.25, 0.3) is 0 Å². The van der Waals surface area contributed by atoms with E-state index in [-0.39, 0.29) is 18.0 Å². The molecule has 0 spiro atoms. The van der Waals surface area contributed by atoms with Crippen molar-refractivity contribution in [3.8, 4) is 5.75 Å². The third kappa shape index (κ3) is 3.36. The average molecular weight is 282 g/mol. The van der Waals surface area contributed by atoms with E-state index in [0.29, 0.717) is 11.4 Å². The van der Waals surface area contributed by atoms with E-state index in [2.05, 4.69) is 13.2 Å². The van der Waals surface area contributed by atoms with E-state index in [1.807, 2.05) is 0 Å². The fourth-order valence-corrected chi connectivity index (χ4v) is 2.96. The second kappa shape index (κ2) is 6.40. The third-order valence-electron chi connectivity index (χ3n) is 2.51. The van der Waals surface area contributed by atoms with Gasteiger partial charge in [-0.3, -0.25) is 0 Å². The van der Waals surface area contributed by atoms with Crippen molar-refractivity contribution in [3.63, 3.8) is 0 Å². The summed E-state index contributed by atoms with van der Waals surface area (Å²) in [6.45, 7) is 7.52. The van der Waals surface area contributed by atoms with Gasteiger partial charge in [0.25, 0.3) is 0 Å². The molecule has 1 rings (SSSR count). The van der Waals surface area contributed by atoms with Crippen LogP contribution in [0, 0.1) is 0 Å². The lowest BCUT2D eigenvalue weighted by Gasteiger charge is -2.19. The maximum Gasteiger partial charge on any atom is 0.243 e. The predicted octanol–water partition coefficient (Wildman–Crippen LogP) is 1.64. The van der Waals surface area contributed by atoms with Gasteiger partial charge in [-0.2, -0.15) is 4.31 Å². The first kappa shape index (κ1) is 15.3. The molecule has 5 nitrogen and oxygen atoms in total. The number of benzene rings is 1. The summed E-state index contributed by atoms with van der Waals surface area (Å²) in [5.74, 6) is 0.332. The Morgan fingerprint density at radius 2 is 1.89 bits per heavy atom. The lowest BCUT2D eigenvalue weighted by molar-refractivity contribution is 0.415. The monoisotopic (exact) mass is 282 g/mol. The zero-order valence-electron chi connectivity index (χ0n) is 10.9. The number of methoxy groups -OCH3 is 1. The third-order valence-corrected chi connectivity index (χ3v) is 4.34. The highest BCUT2D eigenvalue weighted by Crippen LogP contribution is 2.26. The highest BCUT2D eigenvalue weighted by molar-refractivity contribution is 7.89. The van der Waals surface area contributed by atoms with Gasteiger partial charge in [0.2, 0.25) is 10.0 Å². The summed E-state index contributed by atoms with van der Waals surface area (Å²) in [5, 5.41) is 0. The number of anilines is 1. The van der Waals surface area contributed by atoms with Gasteiger partial charge in [0.05, 0.1) is 17.7 Å². The molecule has 19 heavy (non-hydrogen) atoms. The molecule has 6 heteroatoms. The van der Waals surface area contributed by atoms with E-state index in [4.69, 9.17) is 10.5 Å². The number of ether oxygens (including phenoxy) is 1. The molecule has 0 saturated heterocycles. The smallest absolute Gasteiger partial charge is 0.243 e. The Balaban J connectivity index is 3.24. The lowest BCUT2D eigenvalue weighted by Crippen LogP contribution is -2.31. The van der Waals surface area contributed by atoms with E-state index < -0.39 is 10.0 Å². The first-order chi connectivity index (χ1) is 8.97. The van der Waals surface area contributed by atoms with Gasteiger partial charge in [-0.25, -0.2) is 8.42 Å².